The Balaban J connectivity index is 2.58. The minimum absolute atomic E-state index is 0.0207. The third-order valence-electron chi connectivity index (χ3n) is 1.85. The lowest BCUT2D eigenvalue weighted by Gasteiger charge is -2.04. The Labute approximate surface area is 92.6 Å². The summed E-state index contributed by atoms with van der Waals surface area (Å²) in [6.07, 6.45) is 1.46. The molecule has 0 saturated carbocycles. The first-order valence-corrected chi connectivity index (χ1v) is 4.83. The maximum absolute atomic E-state index is 13.4. The second kappa shape index (κ2) is 3.62. The topological polar surface area (TPSA) is 43.8 Å². The van der Waals surface area contributed by atoms with E-state index in [1.54, 1.807) is 0 Å². The highest BCUT2D eigenvalue weighted by Gasteiger charge is 2.10. The molecule has 0 saturated heterocycles. The Hall–Kier alpha value is -1.43. The molecule has 0 amide bonds. The molecule has 1 heterocycles. The van der Waals surface area contributed by atoms with Crippen molar-refractivity contribution in [3.8, 4) is 5.69 Å². The normalized spacial score (nSPS) is 10.6. The van der Waals surface area contributed by atoms with E-state index in [1.165, 1.54) is 16.9 Å². The fraction of sp³-hybridized carbons (Fsp3) is 0. The number of hydrogen-bond acceptors (Lipinski definition) is 2. The monoisotopic (exact) mass is 273 g/mol. The van der Waals surface area contributed by atoms with Crippen molar-refractivity contribution < 1.29 is 8.78 Å². The number of halogens is 3. The van der Waals surface area contributed by atoms with E-state index in [9.17, 15) is 8.78 Å². The lowest BCUT2D eigenvalue weighted by molar-refractivity contribution is 0.582. The second-order valence-electron chi connectivity index (χ2n) is 2.90. The number of nitrogens with two attached hydrogens (primary N) is 1. The van der Waals surface area contributed by atoms with Crippen molar-refractivity contribution >= 4 is 21.7 Å². The highest BCUT2D eigenvalue weighted by molar-refractivity contribution is 9.10. The molecule has 78 valence electrons. The van der Waals surface area contributed by atoms with Gasteiger partial charge in [-0.2, -0.15) is 5.10 Å². The maximum atomic E-state index is 13.4. The second-order valence-corrected chi connectivity index (χ2v) is 3.76. The van der Waals surface area contributed by atoms with Gasteiger partial charge in [-0.1, -0.05) is 0 Å². The van der Waals surface area contributed by atoms with Crippen molar-refractivity contribution in [1.82, 2.24) is 9.78 Å². The molecule has 2 rings (SSSR count). The van der Waals surface area contributed by atoms with Crippen molar-refractivity contribution in [2.45, 2.75) is 0 Å². The maximum Gasteiger partial charge on any atom is 0.150 e. The van der Waals surface area contributed by atoms with Crippen LogP contribution in [0.2, 0.25) is 0 Å². The van der Waals surface area contributed by atoms with E-state index in [4.69, 9.17) is 5.73 Å². The van der Waals surface area contributed by atoms with Crippen molar-refractivity contribution in [3.63, 3.8) is 0 Å². The van der Waals surface area contributed by atoms with E-state index in [-0.39, 0.29) is 16.0 Å². The van der Waals surface area contributed by atoms with Crippen LogP contribution < -0.4 is 5.73 Å². The standard InChI is InChI=1S/C9H6BrF2N3/c10-5-3-7(12)8(4-6(5)11)15-2-1-9(13)14-15/h1-4H,(H2,13,14). The molecule has 3 nitrogen and oxygen atoms in total. The molecule has 0 atom stereocenters. The van der Waals surface area contributed by atoms with Gasteiger partial charge in [0, 0.05) is 18.3 Å². The summed E-state index contributed by atoms with van der Waals surface area (Å²) < 4.78 is 27.8. The van der Waals surface area contributed by atoms with E-state index < -0.39 is 11.6 Å². The Morgan fingerprint density at radius 2 is 2.00 bits per heavy atom. The van der Waals surface area contributed by atoms with Gasteiger partial charge in [0.1, 0.15) is 23.1 Å². The zero-order valence-corrected chi connectivity index (χ0v) is 9.00. The smallest absolute Gasteiger partial charge is 0.150 e. The van der Waals surface area contributed by atoms with Gasteiger partial charge in [-0.05, 0) is 22.0 Å². The predicted molar refractivity (Wildman–Crippen MR) is 55.6 cm³/mol. The van der Waals surface area contributed by atoms with Gasteiger partial charge in [0.15, 0.2) is 0 Å². The molecule has 0 bridgehead atoms. The van der Waals surface area contributed by atoms with Crippen LogP contribution in [-0.4, -0.2) is 9.78 Å². The number of rotatable bonds is 1. The molecule has 0 fully saturated rings. The average molecular weight is 274 g/mol. The summed E-state index contributed by atoms with van der Waals surface area (Å²) >= 11 is 2.89. The Morgan fingerprint density at radius 3 is 2.60 bits per heavy atom. The third kappa shape index (κ3) is 1.85. The van der Waals surface area contributed by atoms with Crippen LogP contribution in [-0.2, 0) is 0 Å². The quantitative estimate of drug-likeness (QED) is 0.812. The third-order valence-corrected chi connectivity index (χ3v) is 2.45. The summed E-state index contributed by atoms with van der Waals surface area (Å²) in [4.78, 5) is 0. The fourth-order valence-electron chi connectivity index (χ4n) is 1.16. The summed E-state index contributed by atoms with van der Waals surface area (Å²) in [5.74, 6) is -0.885. The summed E-state index contributed by atoms with van der Waals surface area (Å²) in [6, 6.07) is 3.59. The van der Waals surface area contributed by atoms with Crippen LogP contribution in [0.4, 0.5) is 14.6 Å². The first-order valence-electron chi connectivity index (χ1n) is 4.04. The van der Waals surface area contributed by atoms with Crippen LogP contribution in [0.25, 0.3) is 5.69 Å². The van der Waals surface area contributed by atoms with E-state index in [0.717, 1.165) is 12.1 Å². The van der Waals surface area contributed by atoms with Crippen molar-refractivity contribution in [3.05, 3.63) is 40.5 Å². The summed E-state index contributed by atoms with van der Waals surface area (Å²) in [5.41, 5.74) is 5.40. The molecule has 1 aromatic heterocycles. The summed E-state index contributed by atoms with van der Waals surface area (Å²) in [7, 11) is 0. The molecule has 0 unspecified atom stereocenters. The summed E-state index contributed by atoms with van der Waals surface area (Å²) in [5, 5.41) is 3.79. The number of aromatic nitrogens is 2. The van der Waals surface area contributed by atoms with Gasteiger partial charge in [0.25, 0.3) is 0 Å². The van der Waals surface area contributed by atoms with Gasteiger partial charge in [0.2, 0.25) is 0 Å². The van der Waals surface area contributed by atoms with Crippen molar-refractivity contribution in [1.29, 1.82) is 0 Å². The molecular formula is C9H6BrF2N3. The number of nitrogen functional groups attached to an aromatic ring is 1. The number of nitrogens with zero attached hydrogens (tertiary/aromatic N) is 2. The molecule has 1 aromatic carbocycles. The van der Waals surface area contributed by atoms with Crippen molar-refractivity contribution in [2.75, 3.05) is 5.73 Å². The lowest BCUT2D eigenvalue weighted by atomic mass is 10.3. The molecular weight excluding hydrogens is 268 g/mol. The van der Waals surface area contributed by atoms with E-state index in [0.29, 0.717) is 0 Å². The van der Waals surface area contributed by atoms with Crippen LogP contribution in [0.1, 0.15) is 0 Å². The largest absolute Gasteiger partial charge is 0.382 e. The van der Waals surface area contributed by atoms with Gasteiger partial charge >= 0.3 is 0 Å². The first-order chi connectivity index (χ1) is 7.08. The molecule has 0 radical (unpaired) electrons. The molecule has 0 spiro atoms. The minimum Gasteiger partial charge on any atom is -0.382 e. The Kier molecular flexibility index (Phi) is 2.44. The number of anilines is 1. The Morgan fingerprint density at radius 1 is 1.27 bits per heavy atom. The van der Waals surface area contributed by atoms with Crippen LogP contribution in [0.5, 0.6) is 0 Å². The van der Waals surface area contributed by atoms with Gasteiger partial charge in [0.05, 0.1) is 4.47 Å². The lowest BCUT2D eigenvalue weighted by Crippen LogP contribution is -2.00. The van der Waals surface area contributed by atoms with Gasteiger partial charge in [-0.15, -0.1) is 0 Å². The molecule has 0 aliphatic carbocycles. The van der Waals surface area contributed by atoms with E-state index in [2.05, 4.69) is 21.0 Å². The van der Waals surface area contributed by atoms with Crippen LogP contribution >= 0.6 is 15.9 Å². The first kappa shape index (κ1) is 10.1. The van der Waals surface area contributed by atoms with Crippen LogP contribution in [0.3, 0.4) is 0 Å². The molecule has 15 heavy (non-hydrogen) atoms. The molecule has 2 aromatic rings. The minimum atomic E-state index is -0.577. The molecule has 6 heteroatoms. The van der Waals surface area contributed by atoms with Crippen molar-refractivity contribution in [2.24, 2.45) is 0 Å². The highest BCUT2D eigenvalue weighted by atomic mass is 79.9. The van der Waals surface area contributed by atoms with Gasteiger partial charge in [-0.3, -0.25) is 0 Å². The number of hydrogen-bond donors (Lipinski definition) is 1. The fourth-order valence-corrected chi connectivity index (χ4v) is 1.48. The predicted octanol–water partition coefficient (Wildman–Crippen LogP) is 2.50. The summed E-state index contributed by atoms with van der Waals surface area (Å²) in [6.45, 7) is 0. The molecule has 2 N–H and O–H groups in total. The van der Waals surface area contributed by atoms with Crippen LogP contribution in [0, 0.1) is 11.6 Å². The van der Waals surface area contributed by atoms with E-state index in [1.807, 2.05) is 0 Å². The zero-order chi connectivity index (χ0) is 11.0. The van der Waals surface area contributed by atoms with E-state index >= 15 is 0 Å². The zero-order valence-electron chi connectivity index (χ0n) is 7.42. The SMILES string of the molecule is Nc1ccn(-c2cc(F)c(Br)cc2F)n1. The highest BCUT2D eigenvalue weighted by Crippen LogP contribution is 2.22. The van der Waals surface area contributed by atoms with Gasteiger partial charge < -0.3 is 5.73 Å². The molecule has 0 aliphatic rings. The number of benzene rings is 1. The van der Waals surface area contributed by atoms with Crippen LogP contribution in [0.15, 0.2) is 28.9 Å². The average Bonchev–Trinajstić information content (AvgIpc) is 2.58. The van der Waals surface area contributed by atoms with Gasteiger partial charge in [-0.25, -0.2) is 13.5 Å². The molecule has 0 aliphatic heterocycles. The Bertz CT molecular complexity index is 510.